The van der Waals surface area contributed by atoms with Crippen LogP contribution >= 0.6 is 0 Å². The fourth-order valence-electron chi connectivity index (χ4n) is 1.72. The lowest BCUT2D eigenvalue weighted by atomic mass is 10.3. The number of nitrogens with zero attached hydrogens (tertiary/aromatic N) is 4. The lowest BCUT2D eigenvalue weighted by molar-refractivity contribution is 0.0687. The minimum Gasteiger partial charge on any atom is -0.476 e. The van der Waals surface area contributed by atoms with E-state index in [0.29, 0.717) is 5.69 Å². The lowest BCUT2D eigenvalue weighted by Gasteiger charge is -2.08. The number of carboxylic acids is 1. The fourth-order valence-corrected chi connectivity index (χ4v) is 1.72. The summed E-state index contributed by atoms with van der Waals surface area (Å²) in [5.74, 6) is -1.16. The van der Waals surface area contributed by atoms with Crippen LogP contribution in [0.15, 0.2) is 29.2 Å². The van der Waals surface area contributed by atoms with Gasteiger partial charge in [0.2, 0.25) is 0 Å². The highest BCUT2D eigenvalue weighted by Crippen LogP contribution is 2.09. The van der Waals surface area contributed by atoms with Crippen molar-refractivity contribution in [2.24, 2.45) is 0 Å². The van der Waals surface area contributed by atoms with E-state index in [9.17, 15) is 9.59 Å². The molecule has 2 aromatic rings. The van der Waals surface area contributed by atoms with Crippen LogP contribution in [0.5, 0.6) is 0 Å². The average molecular weight is 276 g/mol. The maximum Gasteiger partial charge on any atom is 0.356 e. The van der Waals surface area contributed by atoms with E-state index in [2.05, 4.69) is 17.1 Å². The zero-order chi connectivity index (χ0) is 14.7. The van der Waals surface area contributed by atoms with Crippen molar-refractivity contribution in [1.82, 2.24) is 19.6 Å². The number of carbonyl (C=O) groups is 1. The molecular formula is C13H16N4O3. The van der Waals surface area contributed by atoms with Crippen molar-refractivity contribution >= 4 is 5.97 Å². The van der Waals surface area contributed by atoms with Crippen LogP contribution in [-0.4, -0.2) is 30.6 Å². The molecule has 0 bridgehead atoms. The average Bonchev–Trinajstić information content (AvgIpc) is 2.88. The fraction of sp³-hybridized carbons (Fsp3) is 0.385. The number of hydrogen-bond acceptors (Lipinski definition) is 4. The van der Waals surface area contributed by atoms with E-state index in [4.69, 9.17) is 5.11 Å². The smallest absolute Gasteiger partial charge is 0.356 e. The normalized spacial score (nSPS) is 12.3. The molecule has 0 fully saturated rings. The monoisotopic (exact) mass is 276 g/mol. The predicted molar refractivity (Wildman–Crippen MR) is 71.8 cm³/mol. The number of hydrogen-bond donors (Lipinski definition) is 1. The third-order valence-electron chi connectivity index (χ3n) is 3.10. The van der Waals surface area contributed by atoms with E-state index in [1.165, 1.54) is 12.1 Å². The first-order valence-electron chi connectivity index (χ1n) is 6.36. The summed E-state index contributed by atoms with van der Waals surface area (Å²) in [4.78, 5) is 22.5. The van der Waals surface area contributed by atoms with Gasteiger partial charge in [-0.05, 0) is 25.5 Å². The van der Waals surface area contributed by atoms with E-state index in [1.807, 2.05) is 17.8 Å². The molecule has 0 aliphatic carbocycles. The summed E-state index contributed by atoms with van der Waals surface area (Å²) in [6.07, 6.45) is 2.80. The van der Waals surface area contributed by atoms with Gasteiger partial charge in [0.1, 0.15) is 0 Å². The second kappa shape index (κ2) is 5.68. The van der Waals surface area contributed by atoms with Gasteiger partial charge in [0.05, 0.1) is 12.2 Å². The van der Waals surface area contributed by atoms with Crippen LogP contribution in [0.2, 0.25) is 0 Å². The van der Waals surface area contributed by atoms with Gasteiger partial charge >= 0.3 is 5.97 Å². The van der Waals surface area contributed by atoms with Crippen molar-refractivity contribution in [2.45, 2.75) is 32.9 Å². The summed E-state index contributed by atoms with van der Waals surface area (Å²) in [6.45, 7) is 4.27. The maximum absolute atomic E-state index is 11.7. The standard InChI is InChI=1S/C13H16N4O3/c1-3-9(2)16-7-6-10(14-16)8-17-12(18)5-4-11(15-17)13(19)20/h4-7,9H,3,8H2,1-2H3,(H,19,20). The Bertz CT molecular complexity index is 674. The van der Waals surface area contributed by atoms with Gasteiger partial charge in [0.25, 0.3) is 5.56 Å². The van der Waals surface area contributed by atoms with Gasteiger partial charge in [0.15, 0.2) is 5.69 Å². The summed E-state index contributed by atoms with van der Waals surface area (Å²) in [5, 5.41) is 17.0. The van der Waals surface area contributed by atoms with Crippen molar-refractivity contribution in [3.05, 3.63) is 46.1 Å². The van der Waals surface area contributed by atoms with E-state index >= 15 is 0 Å². The summed E-state index contributed by atoms with van der Waals surface area (Å²) in [6, 6.07) is 4.47. The third kappa shape index (κ3) is 2.93. The molecule has 2 heterocycles. The summed E-state index contributed by atoms with van der Waals surface area (Å²) < 4.78 is 2.92. The van der Waals surface area contributed by atoms with Crippen LogP contribution in [-0.2, 0) is 6.54 Å². The van der Waals surface area contributed by atoms with Gasteiger partial charge in [-0.15, -0.1) is 0 Å². The lowest BCUT2D eigenvalue weighted by Crippen LogP contribution is -2.25. The molecule has 0 amide bonds. The van der Waals surface area contributed by atoms with E-state index in [-0.39, 0.29) is 23.8 Å². The van der Waals surface area contributed by atoms with Crippen LogP contribution in [0.3, 0.4) is 0 Å². The van der Waals surface area contributed by atoms with Gasteiger partial charge in [-0.3, -0.25) is 9.48 Å². The number of carboxylic acid groups (broad SMARTS) is 1. The van der Waals surface area contributed by atoms with Gasteiger partial charge in [-0.25, -0.2) is 9.48 Å². The first kappa shape index (κ1) is 14.0. The number of aromatic nitrogens is 4. The second-order valence-electron chi connectivity index (χ2n) is 4.56. The third-order valence-corrected chi connectivity index (χ3v) is 3.10. The Labute approximate surface area is 115 Å². The molecule has 1 N–H and O–H groups in total. The molecule has 0 aromatic carbocycles. The molecule has 2 rings (SSSR count). The van der Waals surface area contributed by atoms with Gasteiger partial charge in [0, 0.05) is 18.3 Å². The topological polar surface area (TPSA) is 90.0 Å². The van der Waals surface area contributed by atoms with E-state index in [0.717, 1.165) is 11.1 Å². The maximum atomic E-state index is 11.7. The van der Waals surface area contributed by atoms with Gasteiger partial charge in [-0.2, -0.15) is 10.2 Å². The van der Waals surface area contributed by atoms with Crippen molar-refractivity contribution in [3.8, 4) is 0 Å². The minimum absolute atomic E-state index is 0.156. The molecule has 7 heteroatoms. The van der Waals surface area contributed by atoms with Crippen molar-refractivity contribution in [2.75, 3.05) is 0 Å². The Morgan fingerprint density at radius 1 is 1.35 bits per heavy atom. The van der Waals surface area contributed by atoms with E-state index in [1.54, 1.807) is 6.07 Å². The minimum atomic E-state index is -1.16. The molecule has 0 radical (unpaired) electrons. The summed E-state index contributed by atoms with van der Waals surface area (Å²) in [5.41, 5.74) is 0.154. The molecule has 1 atom stereocenters. The molecular weight excluding hydrogens is 260 g/mol. The van der Waals surface area contributed by atoms with Gasteiger partial charge in [-0.1, -0.05) is 6.92 Å². The largest absolute Gasteiger partial charge is 0.476 e. The molecule has 106 valence electrons. The van der Waals surface area contributed by atoms with E-state index < -0.39 is 5.97 Å². The van der Waals surface area contributed by atoms with Crippen molar-refractivity contribution < 1.29 is 9.90 Å². The Morgan fingerprint density at radius 2 is 2.10 bits per heavy atom. The highest BCUT2D eigenvalue weighted by atomic mass is 16.4. The summed E-state index contributed by atoms with van der Waals surface area (Å²) >= 11 is 0. The summed E-state index contributed by atoms with van der Waals surface area (Å²) in [7, 11) is 0. The molecule has 0 aliphatic heterocycles. The Kier molecular flexibility index (Phi) is 3.97. The SMILES string of the molecule is CCC(C)n1ccc(Cn2nc(C(=O)O)ccc2=O)n1. The quantitative estimate of drug-likeness (QED) is 0.885. The molecule has 20 heavy (non-hydrogen) atoms. The Hall–Kier alpha value is -2.44. The Morgan fingerprint density at radius 3 is 2.75 bits per heavy atom. The second-order valence-corrected chi connectivity index (χ2v) is 4.56. The van der Waals surface area contributed by atoms with Crippen LogP contribution in [0, 0.1) is 0 Å². The van der Waals surface area contributed by atoms with Crippen LogP contribution < -0.4 is 5.56 Å². The number of aromatic carboxylic acids is 1. The molecule has 0 spiro atoms. The van der Waals surface area contributed by atoms with Crippen LogP contribution in [0.4, 0.5) is 0 Å². The zero-order valence-electron chi connectivity index (χ0n) is 11.4. The zero-order valence-corrected chi connectivity index (χ0v) is 11.4. The molecule has 0 saturated carbocycles. The van der Waals surface area contributed by atoms with Crippen molar-refractivity contribution in [3.63, 3.8) is 0 Å². The van der Waals surface area contributed by atoms with Crippen LogP contribution in [0.1, 0.15) is 42.5 Å². The molecule has 1 unspecified atom stereocenters. The highest BCUT2D eigenvalue weighted by Gasteiger charge is 2.10. The van der Waals surface area contributed by atoms with Crippen LogP contribution in [0.25, 0.3) is 0 Å². The Balaban J connectivity index is 2.25. The van der Waals surface area contributed by atoms with Gasteiger partial charge < -0.3 is 5.11 Å². The first-order chi connectivity index (χ1) is 9.51. The molecule has 0 saturated heterocycles. The predicted octanol–water partition coefficient (Wildman–Crippen LogP) is 1.16. The molecule has 7 nitrogen and oxygen atoms in total. The van der Waals surface area contributed by atoms with Crippen molar-refractivity contribution in [1.29, 1.82) is 0 Å². The molecule has 0 aliphatic rings. The first-order valence-corrected chi connectivity index (χ1v) is 6.36. The number of rotatable bonds is 5. The molecule has 2 aromatic heterocycles. The highest BCUT2D eigenvalue weighted by molar-refractivity contribution is 5.84.